The Labute approximate surface area is 250 Å². The number of para-hydroxylation sites is 2. The van der Waals surface area contributed by atoms with Crippen molar-refractivity contribution in [2.45, 2.75) is 38.5 Å². The summed E-state index contributed by atoms with van der Waals surface area (Å²) in [6, 6.07) is 32.3. The molecule has 220 valence electrons. The number of hydrogen-bond donors (Lipinski definition) is 1. The summed E-state index contributed by atoms with van der Waals surface area (Å²) in [6.45, 7) is 3.78. The third kappa shape index (κ3) is 7.59. The number of likely N-dealkylation sites (tertiary alicyclic amines) is 1. The minimum Gasteiger partial charge on any atom is -0.429 e. The van der Waals surface area contributed by atoms with Crippen LogP contribution in [0.25, 0.3) is 11.0 Å². The highest BCUT2D eigenvalue weighted by Crippen LogP contribution is 2.24. The molecule has 0 atom stereocenters. The van der Waals surface area contributed by atoms with E-state index in [9.17, 15) is 9.18 Å². The average Bonchev–Trinajstić information content (AvgIpc) is 3.38. The van der Waals surface area contributed by atoms with E-state index < -0.39 is 6.16 Å². The molecule has 4 aromatic carbocycles. The van der Waals surface area contributed by atoms with Crippen molar-refractivity contribution in [1.82, 2.24) is 14.5 Å². The fourth-order valence-corrected chi connectivity index (χ4v) is 5.46. The molecule has 0 saturated carbocycles. The molecule has 1 aliphatic heterocycles. The predicted octanol–water partition coefficient (Wildman–Crippen LogP) is 7.06. The van der Waals surface area contributed by atoms with Crippen LogP contribution in [-0.2, 0) is 24.3 Å². The Morgan fingerprint density at radius 3 is 2.30 bits per heavy atom. The number of anilines is 1. The predicted molar refractivity (Wildman–Crippen MR) is 166 cm³/mol. The number of carbonyl (C=O) groups excluding carboxylic acids is 1. The number of ether oxygens (including phenoxy) is 2. The van der Waals surface area contributed by atoms with E-state index in [0.717, 1.165) is 67.0 Å². The van der Waals surface area contributed by atoms with Gasteiger partial charge < -0.3 is 24.3 Å². The maximum absolute atomic E-state index is 13.5. The largest absolute Gasteiger partial charge is 0.514 e. The Morgan fingerprint density at radius 1 is 0.837 bits per heavy atom. The number of halogens is 1. The van der Waals surface area contributed by atoms with E-state index in [1.54, 1.807) is 0 Å². The Kier molecular flexibility index (Phi) is 8.94. The molecule has 1 N–H and O–H groups in total. The van der Waals surface area contributed by atoms with Crippen LogP contribution in [0.3, 0.4) is 0 Å². The molecule has 1 fully saturated rings. The van der Waals surface area contributed by atoms with Gasteiger partial charge in [0, 0.05) is 25.7 Å². The zero-order chi connectivity index (χ0) is 29.4. The second-order valence-corrected chi connectivity index (χ2v) is 10.9. The summed E-state index contributed by atoms with van der Waals surface area (Å²) >= 11 is 0. The molecule has 7 nitrogen and oxygen atoms in total. The second-order valence-electron chi connectivity index (χ2n) is 10.9. The topological polar surface area (TPSA) is 68.6 Å². The van der Waals surface area contributed by atoms with Gasteiger partial charge >= 0.3 is 6.16 Å². The van der Waals surface area contributed by atoms with Gasteiger partial charge in [-0.1, -0.05) is 66.7 Å². The maximum Gasteiger partial charge on any atom is 0.514 e. The Balaban J connectivity index is 0.971. The van der Waals surface area contributed by atoms with Crippen molar-refractivity contribution in [3.63, 3.8) is 0 Å². The molecule has 0 bridgehead atoms. The molecular weight excluding hydrogens is 543 g/mol. The van der Waals surface area contributed by atoms with Crippen LogP contribution in [0.5, 0.6) is 5.75 Å². The number of nitrogens with one attached hydrogen (secondary N) is 1. The Morgan fingerprint density at radius 2 is 1.53 bits per heavy atom. The van der Waals surface area contributed by atoms with Crippen LogP contribution in [0.4, 0.5) is 15.1 Å². The van der Waals surface area contributed by atoms with Crippen molar-refractivity contribution >= 4 is 23.1 Å². The molecule has 1 saturated heterocycles. The quantitative estimate of drug-likeness (QED) is 0.141. The number of aromatic nitrogens is 2. The van der Waals surface area contributed by atoms with E-state index in [0.29, 0.717) is 18.3 Å². The molecule has 1 aliphatic rings. The van der Waals surface area contributed by atoms with Crippen LogP contribution in [0.2, 0.25) is 0 Å². The fraction of sp³-hybridized carbons (Fsp3) is 0.257. The first-order valence-corrected chi connectivity index (χ1v) is 14.8. The summed E-state index contributed by atoms with van der Waals surface area (Å²) in [4.78, 5) is 19.4. The van der Waals surface area contributed by atoms with Gasteiger partial charge in [-0.3, -0.25) is 0 Å². The van der Waals surface area contributed by atoms with Crippen molar-refractivity contribution in [1.29, 1.82) is 0 Å². The molecule has 0 spiro atoms. The highest BCUT2D eigenvalue weighted by Gasteiger charge is 2.21. The molecule has 0 unspecified atom stereocenters. The first-order valence-electron chi connectivity index (χ1n) is 14.8. The summed E-state index contributed by atoms with van der Waals surface area (Å²) in [6.07, 6.45) is 2.26. The van der Waals surface area contributed by atoms with E-state index in [1.165, 1.54) is 17.7 Å². The van der Waals surface area contributed by atoms with E-state index in [4.69, 9.17) is 14.5 Å². The van der Waals surface area contributed by atoms with Gasteiger partial charge in [0.15, 0.2) is 0 Å². The summed E-state index contributed by atoms with van der Waals surface area (Å²) < 4.78 is 26.2. The van der Waals surface area contributed by atoms with Crippen LogP contribution in [-0.4, -0.2) is 46.3 Å². The molecule has 2 heterocycles. The maximum atomic E-state index is 13.5. The molecule has 0 amide bonds. The van der Waals surface area contributed by atoms with Crippen molar-refractivity contribution in [3.8, 4) is 5.75 Å². The number of benzene rings is 4. The smallest absolute Gasteiger partial charge is 0.429 e. The molecule has 0 aliphatic carbocycles. The van der Waals surface area contributed by atoms with Gasteiger partial charge in [0.2, 0.25) is 5.95 Å². The lowest BCUT2D eigenvalue weighted by molar-refractivity contribution is 0.0927. The van der Waals surface area contributed by atoms with Crippen molar-refractivity contribution in [3.05, 3.63) is 126 Å². The van der Waals surface area contributed by atoms with Crippen LogP contribution in [0.15, 0.2) is 103 Å². The summed E-state index contributed by atoms with van der Waals surface area (Å²) in [5.41, 5.74) is 5.15. The summed E-state index contributed by atoms with van der Waals surface area (Å²) in [5.74, 6) is 1.10. The number of fused-ring (bicyclic) bond motifs is 1. The fourth-order valence-electron chi connectivity index (χ4n) is 5.46. The summed E-state index contributed by atoms with van der Waals surface area (Å²) in [5, 5.41) is 3.70. The third-order valence-electron chi connectivity index (χ3n) is 7.87. The zero-order valence-electron chi connectivity index (χ0n) is 24.0. The number of imidazole rings is 1. The molecule has 5 aromatic rings. The molecule has 0 radical (unpaired) electrons. The van der Waals surface area contributed by atoms with E-state index >= 15 is 0 Å². The standard InChI is InChI=1S/C35H35FN4O3/c36-29-14-10-27(11-15-29)24-40-33-9-5-4-8-32(33)38-34(40)37-30-19-22-39(23-20-30)21-18-26-12-16-31(17-13-26)43-35(41)42-25-28-6-2-1-3-7-28/h1-17,30H,18-25H2,(H,37,38). The minimum absolute atomic E-state index is 0.181. The number of carbonyl (C=O) groups is 1. The summed E-state index contributed by atoms with van der Waals surface area (Å²) in [7, 11) is 0. The molecule has 8 heteroatoms. The van der Waals surface area contributed by atoms with E-state index in [1.807, 2.05) is 84.9 Å². The van der Waals surface area contributed by atoms with Gasteiger partial charge in [0.05, 0.1) is 17.6 Å². The molecule has 1 aromatic heterocycles. The minimum atomic E-state index is -0.709. The van der Waals surface area contributed by atoms with Crippen LogP contribution in [0.1, 0.15) is 29.5 Å². The second kappa shape index (κ2) is 13.5. The lowest BCUT2D eigenvalue weighted by atomic mass is 10.0. The monoisotopic (exact) mass is 578 g/mol. The highest BCUT2D eigenvalue weighted by molar-refractivity contribution is 5.78. The first kappa shape index (κ1) is 28.4. The van der Waals surface area contributed by atoms with Gasteiger partial charge in [-0.15, -0.1) is 0 Å². The van der Waals surface area contributed by atoms with Crippen LogP contribution >= 0.6 is 0 Å². The average molecular weight is 579 g/mol. The van der Waals surface area contributed by atoms with Gasteiger partial charge in [-0.05, 0) is 72.4 Å². The lowest BCUT2D eigenvalue weighted by Gasteiger charge is -2.32. The Bertz CT molecular complexity index is 1630. The van der Waals surface area contributed by atoms with Gasteiger partial charge in [-0.25, -0.2) is 14.2 Å². The number of piperidine rings is 1. The molecular formula is C35H35FN4O3. The number of hydrogen-bond acceptors (Lipinski definition) is 6. The number of nitrogens with zero attached hydrogens (tertiary/aromatic N) is 3. The zero-order valence-corrected chi connectivity index (χ0v) is 24.0. The van der Waals surface area contributed by atoms with Gasteiger partial charge in [0.1, 0.15) is 18.2 Å². The lowest BCUT2D eigenvalue weighted by Crippen LogP contribution is -2.40. The van der Waals surface area contributed by atoms with Gasteiger partial charge in [0.25, 0.3) is 0 Å². The third-order valence-corrected chi connectivity index (χ3v) is 7.87. The van der Waals surface area contributed by atoms with Crippen molar-refractivity contribution < 1.29 is 18.7 Å². The van der Waals surface area contributed by atoms with E-state index in [2.05, 4.69) is 20.9 Å². The molecule has 43 heavy (non-hydrogen) atoms. The number of rotatable bonds is 10. The highest BCUT2D eigenvalue weighted by atomic mass is 19.1. The van der Waals surface area contributed by atoms with Crippen molar-refractivity contribution in [2.24, 2.45) is 0 Å². The van der Waals surface area contributed by atoms with Crippen LogP contribution < -0.4 is 10.1 Å². The Hall–Kier alpha value is -4.69. The molecule has 6 rings (SSSR count). The first-order chi connectivity index (χ1) is 21.1. The normalized spacial score (nSPS) is 14.1. The SMILES string of the molecule is O=C(OCc1ccccc1)Oc1ccc(CCN2CCC(Nc3nc4ccccc4n3Cc3ccc(F)cc3)CC2)cc1. The van der Waals surface area contributed by atoms with E-state index in [-0.39, 0.29) is 12.4 Å². The van der Waals surface area contributed by atoms with Gasteiger partial charge in [-0.2, -0.15) is 0 Å². The van der Waals surface area contributed by atoms with Crippen molar-refractivity contribution in [2.75, 3.05) is 25.0 Å². The van der Waals surface area contributed by atoms with Crippen LogP contribution in [0, 0.1) is 5.82 Å².